The maximum absolute atomic E-state index is 13.3. The highest BCUT2D eigenvalue weighted by Crippen LogP contribution is 2.08. The normalized spacial score (nSPS) is 10.3. The number of H-pyrrole nitrogens is 1. The van der Waals surface area contributed by atoms with Crippen LogP contribution in [0.15, 0.2) is 24.3 Å². The van der Waals surface area contributed by atoms with Crippen LogP contribution in [0.4, 0.5) is 4.39 Å². The molecule has 0 saturated carbocycles. The highest BCUT2D eigenvalue weighted by Gasteiger charge is 2.06. The number of rotatable bonds is 5. The monoisotopic (exact) mass is 249 g/mol. The van der Waals surface area contributed by atoms with E-state index in [0.717, 1.165) is 0 Å². The van der Waals surface area contributed by atoms with Crippen LogP contribution in [0.1, 0.15) is 17.8 Å². The topological polar surface area (TPSA) is 83.6 Å². The first-order chi connectivity index (χ1) is 8.75. The van der Waals surface area contributed by atoms with Crippen LogP contribution in [-0.2, 0) is 17.8 Å². The van der Waals surface area contributed by atoms with Crippen molar-refractivity contribution >= 4 is 5.91 Å². The average molecular weight is 249 g/mol. The van der Waals surface area contributed by atoms with Gasteiger partial charge in [0.05, 0.1) is 6.54 Å². The first kappa shape index (κ1) is 12.2. The van der Waals surface area contributed by atoms with Crippen LogP contribution in [0.3, 0.4) is 0 Å². The molecule has 0 aliphatic carbocycles. The molecule has 0 saturated heterocycles. The van der Waals surface area contributed by atoms with Crippen molar-refractivity contribution in [1.82, 2.24) is 25.9 Å². The Balaban J connectivity index is 1.77. The Morgan fingerprint density at radius 3 is 2.94 bits per heavy atom. The van der Waals surface area contributed by atoms with Gasteiger partial charge in [0.1, 0.15) is 5.82 Å². The van der Waals surface area contributed by atoms with Gasteiger partial charge in [-0.05, 0) is 18.1 Å². The number of nitrogens with one attached hydrogen (secondary N) is 2. The minimum Gasteiger partial charge on any atom is -0.349 e. The van der Waals surface area contributed by atoms with Gasteiger partial charge in [-0.1, -0.05) is 23.4 Å². The first-order valence-electron chi connectivity index (χ1n) is 5.48. The summed E-state index contributed by atoms with van der Waals surface area (Å²) in [5.74, 6) is -0.0548. The molecule has 1 aromatic carbocycles. The lowest BCUT2D eigenvalue weighted by atomic mass is 10.1. The highest BCUT2D eigenvalue weighted by molar-refractivity contribution is 5.76. The van der Waals surface area contributed by atoms with Gasteiger partial charge in [-0.2, -0.15) is 5.21 Å². The van der Waals surface area contributed by atoms with Crippen LogP contribution in [0, 0.1) is 5.82 Å². The van der Waals surface area contributed by atoms with Gasteiger partial charge in [-0.25, -0.2) is 4.39 Å². The molecule has 0 aliphatic rings. The number of aryl methyl sites for hydroxylation is 1. The smallest absolute Gasteiger partial charge is 0.220 e. The first-order valence-corrected chi connectivity index (χ1v) is 5.48. The molecular formula is C11H12FN5O. The number of hydrogen-bond donors (Lipinski definition) is 2. The van der Waals surface area contributed by atoms with E-state index in [-0.39, 0.29) is 24.7 Å². The molecule has 1 amide bonds. The van der Waals surface area contributed by atoms with E-state index in [1.165, 1.54) is 6.07 Å². The molecule has 2 aromatic rings. The van der Waals surface area contributed by atoms with Crippen LogP contribution in [0.2, 0.25) is 0 Å². The Bertz CT molecular complexity index is 514. The summed E-state index contributed by atoms with van der Waals surface area (Å²) >= 11 is 0. The van der Waals surface area contributed by atoms with Gasteiger partial charge in [0.15, 0.2) is 5.82 Å². The third-order valence-electron chi connectivity index (χ3n) is 2.41. The predicted octanol–water partition coefficient (Wildman–Crippen LogP) is 0.588. The highest BCUT2D eigenvalue weighted by atomic mass is 19.1. The van der Waals surface area contributed by atoms with Crippen LogP contribution < -0.4 is 5.32 Å². The molecule has 1 aromatic heterocycles. The molecule has 0 atom stereocenters. The molecule has 0 unspecified atom stereocenters. The maximum atomic E-state index is 13.3. The molecule has 18 heavy (non-hydrogen) atoms. The zero-order chi connectivity index (χ0) is 12.8. The number of aromatic amines is 1. The fraction of sp³-hybridized carbons (Fsp3) is 0.273. The number of amides is 1. The summed E-state index contributed by atoms with van der Waals surface area (Å²) in [7, 11) is 0. The molecular weight excluding hydrogens is 237 g/mol. The zero-order valence-corrected chi connectivity index (χ0v) is 9.56. The van der Waals surface area contributed by atoms with Crippen LogP contribution in [-0.4, -0.2) is 26.5 Å². The second-order valence-electron chi connectivity index (χ2n) is 3.70. The Kier molecular flexibility index (Phi) is 3.95. The summed E-state index contributed by atoms with van der Waals surface area (Å²) in [5, 5.41) is 15.7. The molecule has 0 fully saturated rings. The van der Waals surface area contributed by atoms with Gasteiger partial charge in [0.25, 0.3) is 0 Å². The van der Waals surface area contributed by atoms with E-state index in [0.29, 0.717) is 17.8 Å². The average Bonchev–Trinajstić information content (AvgIpc) is 2.88. The van der Waals surface area contributed by atoms with Gasteiger partial charge >= 0.3 is 0 Å². The molecule has 0 radical (unpaired) electrons. The summed E-state index contributed by atoms with van der Waals surface area (Å²) in [6.45, 7) is 0.215. The third kappa shape index (κ3) is 3.34. The summed E-state index contributed by atoms with van der Waals surface area (Å²) in [6.07, 6.45) is 0.587. The molecule has 2 rings (SSSR count). The number of tetrazole rings is 1. The van der Waals surface area contributed by atoms with Crippen LogP contribution in [0.5, 0.6) is 0 Å². The predicted molar refractivity (Wildman–Crippen MR) is 60.7 cm³/mol. The van der Waals surface area contributed by atoms with Gasteiger partial charge in [-0.3, -0.25) is 4.79 Å². The third-order valence-corrected chi connectivity index (χ3v) is 2.41. The van der Waals surface area contributed by atoms with Crippen molar-refractivity contribution in [2.24, 2.45) is 0 Å². The number of nitrogens with zero attached hydrogens (tertiary/aromatic N) is 3. The summed E-state index contributed by atoms with van der Waals surface area (Å²) in [6, 6.07) is 6.42. The van der Waals surface area contributed by atoms with Crippen molar-refractivity contribution in [3.63, 3.8) is 0 Å². The number of carbonyl (C=O) groups excluding carboxylic acids is 1. The summed E-state index contributed by atoms with van der Waals surface area (Å²) in [4.78, 5) is 11.5. The minimum atomic E-state index is -0.288. The molecule has 0 bridgehead atoms. The van der Waals surface area contributed by atoms with E-state index in [1.54, 1.807) is 18.2 Å². The molecule has 7 heteroatoms. The van der Waals surface area contributed by atoms with Crippen molar-refractivity contribution in [3.8, 4) is 0 Å². The Hall–Kier alpha value is -2.31. The Morgan fingerprint density at radius 2 is 2.22 bits per heavy atom. The van der Waals surface area contributed by atoms with Gasteiger partial charge in [-0.15, -0.1) is 10.2 Å². The summed E-state index contributed by atoms with van der Waals surface area (Å²) < 4.78 is 13.3. The maximum Gasteiger partial charge on any atom is 0.220 e. The van der Waals surface area contributed by atoms with Gasteiger partial charge in [0.2, 0.25) is 5.91 Å². The van der Waals surface area contributed by atoms with E-state index >= 15 is 0 Å². The minimum absolute atomic E-state index is 0.178. The SMILES string of the molecule is O=C(CCc1ccccc1F)NCc1nn[nH]n1. The Labute approximate surface area is 103 Å². The second-order valence-corrected chi connectivity index (χ2v) is 3.70. The molecule has 0 aliphatic heterocycles. The van der Waals surface area contributed by atoms with Crippen molar-refractivity contribution in [2.45, 2.75) is 19.4 Å². The molecule has 94 valence electrons. The van der Waals surface area contributed by atoms with E-state index in [1.807, 2.05) is 0 Å². The van der Waals surface area contributed by atoms with E-state index in [2.05, 4.69) is 25.9 Å². The van der Waals surface area contributed by atoms with E-state index < -0.39 is 0 Å². The van der Waals surface area contributed by atoms with Crippen molar-refractivity contribution in [3.05, 3.63) is 41.5 Å². The van der Waals surface area contributed by atoms with Crippen LogP contribution >= 0.6 is 0 Å². The van der Waals surface area contributed by atoms with Crippen molar-refractivity contribution in [2.75, 3.05) is 0 Å². The second kappa shape index (κ2) is 5.85. The standard InChI is InChI=1S/C11H12FN5O/c12-9-4-2-1-3-8(9)5-6-11(18)13-7-10-14-16-17-15-10/h1-4H,5-7H2,(H,13,18)(H,14,15,16,17). The molecule has 0 spiro atoms. The van der Waals surface area contributed by atoms with Gasteiger partial charge in [0, 0.05) is 6.42 Å². The lowest BCUT2D eigenvalue weighted by Crippen LogP contribution is -2.23. The van der Waals surface area contributed by atoms with Gasteiger partial charge < -0.3 is 5.32 Å². The quantitative estimate of drug-likeness (QED) is 0.812. The van der Waals surface area contributed by atoms with Crippen LogP contribution in [0.25, 0.3) is 0 Å². The molecule has 2 N–H and O–H groups in total. The zero-order valence-electron chi connectivity index (χ0n) is 9.56. The van der Waals surface area contributed by atoms with Crippen molar-refractivity contribution < 1.29 is 9.18 Å². The molecule has 6 nitrogen and oxygen atoms in total. The number of aromatic nitrogens is 4. The summed E-state index contributed by atoms with van der Waals surface area (Å²) in [5.41, 5.74) is 0.534. The number of halogens is 1. The lowest BCUT2D eigenvalue weighted by Gasteiger charge is -2.03. The molecule has 1 heterocycles. The van der Waals surface area contributed by atoms with Crippen molar-refractivity contribution in [1.29, 1.82) is 0 Å². The Morgan fingerprint density at radius 1 is 1.39 bits per heavy atom. The fourth-order valence-electron chi connectivity index (χ4n) is 1.47. The fourth-order valence-corrected chi connectivity index (χ4v) is 1.47. The number of carbonyl (C=O) groups is 1. The van der Waals surface area contributed by atoms with E-state index in [4.69, 9.17) is 0 Å². The van der Waals surface area contributed by atoms with E-state index in [9.17, 15) is 9.18 Å². The number of benzene rings is 1. The number of hydrogen-bond acceptors (Lipinski definition) is 4. The lowest BCUT2D eigenvalue weighted by molar-refractivity contribution is -0.121. The largest absolute Gasteiger partial charge is 0.349 e.